The first kappa shape index (κ1) is 47.9. The van der Waals surface area contributed by atoms with Gasteiger partial charge in [0.1, 0.15) is 13.1 Å². The minimum absolute atomic E-state index is 0.150. The molecule has 2 unspecified atom stereocenters. The molecule has 0 spiro atoms. The highest BCUT2D eigenvalue weighted by Gasteiger charge is 2.50. The van der Waals surface area contributed by atoms with E-state index in [-0.39, 0.29) is 49.3 Å². The molecule has 9 nitrogen and oxygen atoms in total. The number of anilines is 3. The monoisotopic (exact) mass is 897 g/mol. The van der Waals surface area contributed by atoms with Gasteiger partial charge in [-0.05, 0) is 83.3 Å². The fourth-order valence-corrected chi connectivity index (χ4v) is 8.74. The van der Waals surface area contributed by atoms with Gasteiger partial charge < -0.3 is 14.4 Å². The van der Waals surface area contributed by atoms with E-state index >= 15 is 0 Å². The first-order valence-corrected chi connectivity index (χ1v) is 24.0. The molecule has 0 saturated carbocycles. The lowest BCUT2D eigenvalue weighted by Gasteiger charge is -2.25. The molecule has 0 saturated heterocycles. The minimum Gasteiger partial charge on any atom is -0.464 e. The van der Waals surface area contributed by atoms with Gasteiger partial charge in [0.05, 0.1) is 35.8 Å². The quantitative estimate of drug-likeness (QED) is 0.0476. The van der Waals surface area contributed by atoms with Gasteiger partial charge >= 0.3 is 11.9 Å². The Morgan fingerprint density at radius 2 is 0.881 bits per heavy atom. The highest BCUT2D eigenvalue weighted by Crippen LogP contribution is 2.46. The summed E-state index contributed by atoms with van der Waals surface area (Å²) < 4.78 is 11.6. The number of fused-ring (bicyclic) bond motifs is 1. The molecule has 0 bridgehead atoms. The van der Waals surface area contributed by atoms with Crippen LogP contribution in [0.2, 0.25) is 0 Å². The molecular weight excluding hydrogens is 835 g/mol. The summed E-state index contributed by atoms with van der Waals surface area (Å²) in [4.78, 5) is 61.8. The molecule has 0 N–H and O–H groups in total. The van der Waals surface area contributed by atoms with Crippen LogP contribution < -0.4 is 4.90 Å². The second-order valence-corrected chi connectivity index (χ2v) is 17.3. The smallest absolute Gasteiger partial charge is 0.326 e. The topological polar surface area (TPSA) is 96.5 Å². The highest BCUT2D eigenvalue weighted by atomic mass is 16.5. The Morgan fingerprint density at radius 3 is 1.28 bits per heavy atom. The van der Waals surface area contributed by atoms with Gasteiger partial charge in [-0.2, -0.15) is 0 Å². The van der Waals surface area contributed by atoms with Crippen molar-refractivity contribution < 1.29 is 28.7 Å². The molecule has 0 aliphatic carbocycles. The number of esters is 2. The Balaban J connectivity index is 1.19. The predicted octanol–water partition coefficient (Wildman–Crippen LogP) is 12.7. The summed E-state index contributed by atoms with van der Waals surface area (Å²) in [5.41, 5.74) is 7.17. The van der Waals surface area contributed by atoms with Crippen LogP contribution in [0.3, 0.4) is 0 Å². The molecular formula is C58H63N3O6. The number of carbonyl (C=O) groups is 4. The second-order valence-electron chi connectivity index (χ2n) is 17.3. The van der Waals surface area contributed by atoms with Crippen LogP contribution in [0.25, 0.3) is 23.5 Å². The molecule has 9 heteroatoms. The number of para-hydroxylation sites is 2. The van der Waals surface area contributed by atoms with Crippen molar-refractivity contribution in [2.24, 2.45) is 11.8 Å². The number of rotatable bonds is 23. The average Bonchev–Trinajstić information content (AvgIpc) is 3.80. The van der Waals surface area contributed by atoms with Gasteiger partial charge in [-0.1, -0.05) is 182 Å². The third kappa shape index (κ3) is 11.7. The van der Waals surface area contributed by atoms with Crippen LogP contribution in [0, 0.1) is 11.8 Å². The SMILES string of the molecule is CCCCC(CC)COC(=O)CN1C(=O)C2=C(c3ccc(/C=C/c4ccc(N(c5ccccc5)c5ccccc5)cc4)cc3)N(CC(=O)OCC(CC)CCCC)C(=O)C2=C1c1ccccc1. The number of hydrogen-bond acceptors (Lipinski definition) is 7. The van der Waals surface area contributed by atoms with E-state index in [1.165, 1.54) is 9.80 Å². The molecule has 2 heterocycles. The van der Waals surface area contributed by atoms with Crippen LogP contribution >= 0.6 is 0 Å². The fourth-order valence-electron chi connectivity index (χ4n) is 8.74. The largest absolute Gasteiger partial charge is 0.464 e. The molecule has 0 radical (unpaired) electrons. The molecule has 67 heavy (non-hydrogen) atoms. The van der Waals surface area contributed by atoms with Gasteiger partial charge in [-0.25, -0.2) is 0 Å². The predicted molar refractivity (Wildman–Crippen MR) is 269 cm³/mol. The first-order chi connectivity index (χ1) is 32.7. The Morgan fingerprint density at radius 1 is 0.507 bits per heavy atom. The first-order valence-electron chi connectivity index (χ1n) is 24.0. The average molecular weight is 898 g/mol. The van der Waals surface area contributed by atoms with E-state index in [2.05, 4.69) is 81.1 Å². The minimum atomic E-state index is -0.550. The summed E-state index contributed by atoms with van der Waals surface area (Å²) >= 11 is 0. The summed E-state index contributed by atoms with van der Waals surface area (Å²) in [6.07, 6.45) is 11.9. The maximum atomic E-state index is 14.8. The van der Waals surface area contributed by atoms with E-state index in [1.54, 1.807) is 0 Å². The molecule has 5 aromatic carbocycles. The Bertz CT molecular complexity index is 2510. The van der Waals surface area contributed by atoms with Crippen molar-refractivity contribution in [3.63, 3.8) is 0 Å². The van der Waals surface area contributed by atoms with Crippen LogP contribution in [0.5, 0.6) is 0 Å². The summed E-state index contributed by atoms with van der Waals surface area (Å²) in [5.74, 6) is -1.66. The van der Waals surface area contributed by atoms with E-state index in [0.717, 1.165) is 79.6 Å². The second kappa shape index (κ2) is 23.4. The lowest BCUT2D eigenvalue weighted by Crippen LogP contribution is -2.36. The van der Waals surface area contributed by atoms with Crippen molar-refractivity contribution in [1.29, 1.82) is 0 Å². The van der Waals surface area contributed by atoms with Gasteiger partial charge in [-0.15, -0.1) is 0 Å². The van der Waals surface area contributed by atoms with Gasteiger partial charge in [0, 0.05) is 17.1 Å². The standard InChI is InChI=1S/C58H63N3O6/c1-5-9-20-42(7-3)40-66-51(62)38-59-55(46-22-14-11-15-23-46)53-54(58(59)65)56(60(57(53)64)39-52(63)67-41-43(8-4)21-10-6-2)47-34-30-44(31-35-47)28-29-45-32-36-50(37-33-45)61(48-24-16-12-17-25-48)49-26-18-13-19-27-49/h11-19,22-37,42-43H,5-10,20-21,38-41H2,1-4H3/b29-28+. The van der Waals surface area contributed by atoms with Crippen LogP contribution in [0.4, 0.5) is 17.1 Å². The van der Waals surface area contributed by atoms with Crippen LogP contribution in [-0.4, -0.2) is 59.9 Å². The Labute approximate surface area is 396 Å². The van der Waals surface area contributed by atoms with Crippen LogP contribution in [-0.2, 0) is 28.7 Å². The summed E-state index contributed by atoms with van der Waals surface area (Å²) in [7, 11) is 0. The lowest BCUT2D eigenvalue weighted by atomic mass is 10.0. The maximum absolute atomic E-state index is 14.8. The summed E-state index contributed by atoms with van der Waals surface area (Å²) in [5, 5.41) is 0. The number of carbonyl (C=O) groups excluding carboxylic acids is 4. The molecule has 0 fully saturated rings. The fraction of sp³-hybridized carbons (Fsp3) is 0.310. The van der Waals surface area contributed by atoms with Crippen molar-refractivity contribution in [3.8, 4) is 0 Å². The molecule has 2 amide bonds. The molecule has 2 aliphatic heterocycles. The van der Waals surface area contributed by atoms with E-state index in [0.29, 0.717) is 22.5 Å². The zero-order valence-electron chi connectivity index (χ0n) is 39.4. The number of benzene rings is 5. The van der Waals surface area contributed by atoms with Gasteiger partial charge in [0.2, 0.25) is 0 Å². The normalized spacial score (nSPS) is 14.5. The van der Waals surface area contributed by atoms with Gasteiger partial charge in [-0.3, -0.25) is 29.0 Å². The van der Waals surface area contributed by atoms with Crippen molar-refractivity contribution in [1.82, 2.24) is 9.80 Å². The number of nitrogens with zero attached hydrogens (tertiary/aromatic N) is 3. The number of unbranched alkanes of at least 4 members (excludes halogenated alkanes) is 2. The molecule has 7 rings (SSSR count). The van der Waals surface area contributed by atoms with Crippen molar-refractivity contribution in [2.45, 2.75) is 79.1 Å². The van der Waals surface area contributed by atoms with Gasteiger partial charge in [0.25, 0.3) is 11.8 Å². The number of hydrogen-bond donors (Lipinski definition) is 0. The third-order valence-corrected chi connectivity index (χ3v) is 12.7. The van der Waals surface area contributed by atoms with Crippen LogP contribution in [0.1, 0.15) is 101 Å². The van der Waals surface area contributed by atoms with E-state index < -0.39 is 23.8 Å². The van der Waals surface area contributed by atoms with Crippen molar-refractivity contribution in [2.75, 3.05) is 31.2 Å². The number of ether oxygens (including phenoxy) is 2. The molecule has 346 valence electrons. The number of amides is 2. The van der Waals surface area contributed by atoms with Gasteiger partial charge in [0.15, 0.2) is 0 Å². The molecule has 2 atom stereocenters. The van der Waals surface area contributed by atoms with E-state index in [9.17, 15) is 19.2 Å². The highest BCUT2D eigenvalue weighted by molar-refractivity contribution is 6.31. The molecule has 2 aliphatic rings. The zero-order valence-corrected chi connectivity index (χ0v) is 39.4. The Hall–Kier alpha value is -7.00. The van der Waals surface area contributed by atoms with Crippen LogP contribution in [0.15, 0.2) is 151 Å². The van der Waals surface area contributed by atoms with Crippen molar-refractivity contribution >= 4 is 64.4 Å². The van der Waals surface area contributed by atoms with E-state index in [1.807, 2.05) is 103 Å². The van der Waals surface area contributed by atoms with E-state index in [4.69, 9.17) is 9.47 Å². The molecule has 5 aromatic rings. The third-order valence-electron chi connectivity index (χ3n) is 12.7. The molecule has 0 aromatic heterocycles. The van der Waals surface area contributed by atoms with Crippen molar-refractivity contribution in [3.05, 3.63) is 173 Å². The Kier molecular flexibility index (Phi) is 16.8. The zero-order chi connectivity index (χ0) is 47.1. The lowest BCUT2D eigenvalue weighted by molar-refractivity contribution is -0.148. The summed E-state index contributed by atoms with van der Waals surface area (Å²) in [6.45, 7) is 8.23. The maximum Gasteiger partial charge on any atom is 0.326 e. The summed E-state index contributed by atoms with van der Waals surface area (Å²) in [6, 6.07) is 45.6.